The van der Waals surface area contributed by atoms with Gasteiger partial charge in [0.25, 0.3) is 11.5 Å². The number of rotatable bonds is 9. The minimum absolute atomic E-state index is 0.0466. The highest BCUT2D eigenvalue weighted by atomic mass is 19.1. The number of urea groups is 1. The Morgan fingerprint density at radius 3 is 2.46 bits per heavy atom. The lowest BCUT2D eigenvalue weighted by molar-refractivity contribution is 0.0383. The average Bonchev–Trinajstić information content (AvgIpc) is 2.92. The van der Waals surface area contributed by atoms with Gasteiger partial charge in [0.2, 0.25) is 0 Å². The Balaban J connectivity index is 1.64. The first-order valence-electron chi connectivity index (χ1n) is 12.8. The van der Waals surface area contributed by atoms with Crippen LogP contribution in [0.3, 0.4) is 0 Å². The summed E-state index contributed by atoms with van der Waals surface area (Å²) < 4.78 is 20.0. The van der Waals surface area contributed by atoms with E-state index in [1.807, 2.05) is 0 Å². The molecule has 0 saturated carbocycles. The van der Waals surface area contributed by atoms with Crippen LogP contribution < -0.4 is 16.2 Å². The van der Waals surface area contributed by atoms with Crippen LogP contribution in [-0.4, -0.2) is 96.4 Å². The molecule has 1 aliphatic rings. The number of nitrogens with one attached hydrogen (secondary N) is 2. The van der Waals surface area contributed by atoms with Crippen molar-refractivity contribution in [3.63, 3.8) is 0 Å². The Bertz CT molecular complexity index is 1390. The molecule has 1 aromatic carbocycles. The highest BCUT2D eigenvalue weighted by Gasteiger charge is 2.24. The number of halogens is 1. The molecule has 11 nitrogen and oxygen atoms in total. The molecule has 0 spiro atoms. The topological polar surface area (TPSA) is 129 Å². The van der Waals surface area contributed by atoms with E-state index in [9.17, 15) is 23.9 Å². The second kappa shape index (κ2) is 12.7. The molecule has 39 heavy (non-hydrogen) atoms. The van der Waals surface area contributed by atoms with Gasteiger partial charge in [-0.05, 0) is 35.7 Å². The van der Waals surface area contributed by atoms with Gasteiger partial charge in [0, 0.05) is 59.6 Å². The lowest BCUT2D eigenvalue weighted by Crippen LogP contribution is -2.42. The maximum atomic E-state index is 13.5. The number of carbonyl (C=O) groups excluding carboxylic acids is 2. The van der Waals surface area contributed by atoms with Crippen LogP contribution in [0.5, 0.6) is 5.75 Å². The van der Waals surface area contributed by atoms with Crippen LogP contribution in [0.1, 0.15) is 21.5 Å². The Morgan fingerprint density at radius 2 is 1.77 bits per heavy atom. The van der Waals surface area contributed by atoms with Crippen molar-refractivity contribution < 1.29 is 23.8 Å². The van der Waals surface area contributed by atoms with E-state index in [0.717, 1.165) is 24.2 Å². The number of ether oxygens (including phenoxy) is 1. The number of hydrogen-bond acceptors (Lipinski definition) is 7. The molecule has 3 N–H and O–H groups in total. The molecule has 4 rings (SSSR count). The summed E-state index contributed by atoms with van der Waals surface area (Å²) in [5, 5.41) is 16.4. The monoisotopic (exact) mass is 540 g/mol. The lowest BCUT2D eigenvalue weighted by Gasteiger charge is -2.26. The molecule has 0 unspecified atom stereocenters. The smallest absolute Gasteiger partial charge is 0.316 e. The molecule has 0 atom stereocenters. The fourth-order valence-electron chi connectivity index (χ4n) is 4.38. The minimum atomic E-state index is -0.698. The van der Waals surface area contributed by atoms with Gasteiger partial charge < -0.3 is 29.9 Å². The summed E-state index contributed by atoms with van der Waals surface area (Å²) in [6.45, 7) is 3.80. The summed E-state index contributed by atoms with van der Waals surface area (Å²) in [6, 6.07) is 7.42. The van der Waals surface area contributed by atoms with Gasteiger partial charge in [-0.1, -0.05) is 12.1 Å². The summed E-state index contributed by atoms with van der Waals surface area (Å²) in [6.07, 6.45) is 1.97. The molecule has 0 aliphatic carbocycles. The first-order chi connectivity index (χ1) is 18.7. The van der Waals surface area contributed by atoms with Crippen molar-refractivity contribution in [1.82, 2.24) is 30.0 Å². The van der Waals surface area contributed by atoms with Gasteiger partial charge in [-0.3, -0.25) is 19.5 Å². The highest BCUT2D eigenvalue weighted by Crippen LogP contribution is 2.26. The van der Waals surface area contributed by atoms with Gasteiger partial charge in [-0.15, -0.1) is 0 Å². The van der Waals surface area contributed by atoms with E-state index in [0.29, 0.717) is 38.2 Å². The summed E-state index contributed by atoms with van der Waals surface area (Å²) in [4.78, 5) is 46.5. The third kappa shape index (κ3) is 6.89. The number of aromatic hydroxyl groups is 1. The predicted molar refractivity (Wildman–Crippen MR) is 144 cm³/mol. The Morgan fingerprint density at radius 1 is 1.08 bits per heavy atom. The number of morpholine rings is 1. The van der Waals surface area contributed by atoms with Gasteiger partial charge in [-0.2, -0.15) is 0 Å². The second-order valence-electron chi connectivity index (χ2n) is 9.53. The quantitative estimate of drug-likeness (QED) is 0.372. The van der Waals surface area contributed by atoms with E-state index in [-0.39, 0.29) is 30.5 Å². The molecule has 208 valence electrons. The van der Waals surface area contributed by atoms with Crippen LogP contribution in [-0.2, 0) is 17.7 Å². The van der Waals surface area contributed by atoms with E-state index in [4.69, 9.17) is 4.74 Å². The minimum Gasteiger partial charge on any atom is -0.505 e. The molecule has 12 heteroatoms. The van der Waals surface area contributed by atoms with Gasteiger partial charge in [0.15, 0.2) is 5.75 Å². The summed E-state index contributed by atoms with van der Waals surface area (Å²) >= 11 is 0. The summed E-state index contributed by atoms with van der Waals surface area (Å²) in [5.74, 6) is -1.54. The van der Waals surface area contributed by atoms with Crippen LogP contribution in [0.15, 0.2) is 41.3 Å². The fourth-order valence-corrected chi connectivity index (χ4v) is 4.38. The molecule has 1 aliphatic heterocycles. The number of hydrogen-bond donors (Lipinski definition) is 3. The number of benzene rings is 1. The maximum absolute atomic E-state index is 13.5. The van der Waals surface area contributed by atoms with Gasteiger partial charge in [-0.25, -0.2) is 9.18 Å². The lowest BCUT2D eigenvalue weighted by atomic mass is 10.1. The van der Waals surface area contributed by atoms with Crippen molar-refractivity contribution in [2.75, 3.05) is 60.0 Å². The van der Waals surface area contributed by atoms with Crippen LogP contribution in [0, 0.1) is 5.82 Å². The molecule has 3 amide bonds. The zero-order valence-electron chi connectivity index (χ0n) is 22.1. The van der Waals surface area contributed by atoms with Crippen molar-refractivity contribution in [1.29, 1.82) is 0 Å². The molecule has 1 fully saturated rings. The fraction of sp³-hybridized carbons (Fsp3) is 0.407. The van der Waals surface area contributed by atoms with E-state index in [2.05, 4.69) is 20.5 Å². The molecule has 0 bridgehead atoms. The summed E-state index contributed by atoms with van der Waals surface area (Å²) in [5.41, 5.74) is 0.883. The van der Waals surface area contributed by atoms with Crippen molar-refractivity contribution >= 4 is 23.0 Å². The van der Waals surface area contributed by atoms with Crippen LogP contribution in [0.4, 0.5) is 9.18 Å². The third-order valence-corrected chi connectivity index (χ3v) is 6.52. The van der Waals surface area contributed by atoms with Crippen LogP contribution in [0.25, 0.3) is 11.0 Å². The zero-order valence-corrected chi connectivity index (χ0v) is 22.1. The number of fused-ring (bicyclic) bond motifs is 1. The highest BCUT2D eigenvalue weighted by molar-refractivity contribution is 6.01. The van der Waals surface area contributed by atoms with Crippen LogP contribution in [0.2, 0.25) is 0 Å². The van der Waals surface area contributed by atoms with E-state index < -0.39 is 22.8 Å². The van der Waals surface area contributed by atoms with Gasteiger partial charge in [0.1, 0.15) is 16.9 Å². The Kier molecular flexibility index (Phi) is 9.10. The number of pyridine rings is 2. The van der Waals surface area contributed by atoms with Crippen LogP contribution >= 0.6 is 0 Å². The SMILES string of the molecule is CN(C)C(=O)NCCn1c(=O)c(C(=O)NCCN2CCOCC2)c(O)c2ncc(Cc3ccc(F)cc3)cc21. The standard InChI is InChI=1S/C27H33FN6O5/c1-32(2)27(38)30-8-10-34-21-16-19(15-18-3-5-20(28)6-4-18)17-31-23(21)24(35)22(26(34)37)25(36)29-7-9-33-11-13-39-14-12-33/h3-6,16-17,35H,7-15H2,1-2H3,(H,29,36)(H,30,38). The molecule has 3 aromatic rings. The Labute approximate surface area is 225 Å². The molecule has 3 heterocycles. The number of nitrogens with zero attached hydrogens (tertiary/aromatic N) is 4. The third-order valence-electron chi connectivity index (χ3n) is 6.52. The molecule has 1 saturated heterocycles. The molecule has 2 aromatic heterocycles. The van der Waals surface area contributed by atoms with E-state index >= 15 is 0 Å². The van der Waals surface area contributed by atoms with Gasteiger partial charge in [0.05, 0.1) is 18.7 Å². The van der Waals surface area contributed by atoms with Gasteiger partial charge >= 0.3 is 6.03 Å². The zero-order chi connectivity index (χ0) is 27.9. The van der Waals surface area contributed by atoms with E-state index in [1.54, 1.807) is 38.5 Å². The molecular formula is C27H33FN6O5. The first-order valence-corrected chi connectivity index (χ1v) is 12.8. The molecule has 0 radical (unpaired) electrons. The van der Waals surface area contributed by atoms with E-state index in [1.165, 1.54) is 21.6 Å². The first kappa shape index (κ1) is 28.0. The normalized spacial score (nSPS) is 13.8. The number of aromatic nitrogens is 2. The predicted octanol–water partition coefficient (Wildman–Crippen LogP) is 1.17. The largest absolute Gasteiger partial charge is 0.505 e. The number of carbonyl (C=O) groups is 2. The molecular weight excluding hydrogens is 507 g/mol. The maximum Gasteiger partial charge on any atom is 0.316 e. The summed E-state index contributed by atoms with van der Waals surface area (Å²) in [7, 11) is 3.20. The average molecular weight is 541 g/mol. The van der Waals surface area contributed by atoms with Crippen molar-refractivity contribution in [2.45, 2.75) is 13.0 Å². The van der Waals surface area contributed by atoms with Crippen molar-refractivity contribution in [3.8, 4) is 5.75 Å². The van der Waals surface area contributed by atoms with Crippen molar-refractivity contribution in [3.05, 3.63) is 69.4 Å². The second-order valence-corrected chi connectivity index (χ2v) is 9.53. The number of amides is 3. The van der Waals surface area contributed by atoms with Crippen molar-refractivity contribution in [2.24, 2.45) is 0 Å². The Hall–Kier alpha value is -4.03.